The summed E-state index contributed by atoms with van der Waals surface area (Å²) in [5.41, 5.74) is 1.63. The van der Waals surface area contributed by atoms with Crippen LogP contribution in [0.15, 0.2) is 42.5 Å². The number of carbonyl (C=O) groups is 2. The van der Waals surface area contributed by atoms with Crippen molar-refractivity contribution in [1.82, 2.24) is 4.90 Å². The lowest BCUT2D eigenvalue weighted by Gasteiger charge is -2.32. The number of rotatable bonds is 4. The normalized spacial score (nSPS) is 15.1. The zero-order valence-electron chi connectivity index (χ0n) is 14.1. The predicted octanol–water partition coefficient (Wildman–Crippen LogP) is 4.79. The van der Waals surface area contributed by atoms with E-state index in [1.807, 2.05) is 12.1 Å². The van der Waals surface area contributed by atoms with Gasteiger partial charge in [-0.05, 0) is 48.9 Å². The van der Waals surface area contributed by atoms with Gasteiger partial charge < -0.3 is 10.0 Å². The summed E-state index contributed by atoms with van der Waals surface area (Å²) in [5.74, 6) is -0.653. The molecule has 0 bridgehead atoms. The van der Waals surface area contributed by atoms with Crippen molar-refractivity contribution in [2.75, 3.05) is 13.1 Å². The molecule has 0 aliphatic carbocycles. The molecule has 2 aromatic carbocycles. The van der Waals surface area contributed by atoms with Crippen molar-refractivity contribution < 1.29 is 14.7 Å². The largest absolute Gasteiger partial charge is 0.478 e. The molecule has 0 unspecified atom stereocenters. The monoisotopic (exact) mass is 391 g/mol. The van der Waals surface area contributed by atoms with Gasteiger partial charge in [0.1, 0.15) is 0 Å². The van der Waals surface area contributed by atoms with Gasteiger partial charge in [0, 0.05) is 13.1 Å². The van der Waals surface area contributed by atoms with Crippen LogP contribution in [0.3, 0.4) is 0 Å². The van der Waals surface area contributed by atoms with Crippen molar-refractivity contribution >= 4 is 35.1 Å². The summed E-state index contributed by atoms with van der Waals surface area (Å²) in [6, 6.07) is 12.2. The Morgan fingerprint density at radius 3 is 2.35 bits per heavy atom. The van der Waals surface area contributed by atoms with Crippen LogP contribution < -0.4 is 0 Å². The molecular formula is C20H19Cl2NO3. The summed E-state index contributed by atoms with van der Waals surface area (Å²) >= 11 is 12.2. The highest BCUT2D eigenvalue weighted by molar-refractivity contribution is 6.43. The molecule has 1 fully saturated rings. The molecular weight excluding hydrogens is 373 g/mol. The third-order valence-electron chi connectivity index (χ3n) is 4.84. The molecule has 1 aliphatic rings. The zero-order chi connectivity index (χ0) is 18.7. The van der Waals surface area contributed by atoms with E-state index < -0.39 is 5.97 Å². The molecule has 0 atom stereocenters. The maximum atomic E-state index is 12.7. The van der Waals surface area contributed by atoms with Crippen LogP contribution in [0.25, 0.3) is 0 Å². The molecule has 1 amide bonds. The van der Waals surface area contributed by atoms with E-state index in [4.69, 9.17) is 23.2 Å². The Bertz CT molecular complexity index is 830. The van der Waals surface area contributed by atoms with Crippen molar-refractivity contribution in [2.24, 2.45) is 5.92 Å². The highest BCUT2D eigenvalue weighted by Crippen LogP contribution is 2.29. The smallest absolute Gasteiger partial charge is 0.335 e. The van der Waals surface area contributed by atoms with Gasteiger partial charge in [-0.15, -0.1) is 0 Å². The van der Waals surface area contributed by atoms with E-state index >= 15 is 0 Å². The van der Waals surface area contributed by atoms with Crippen LogP contribution in [0, 0.1) is 5.92 Å². The number of carbonyl (C=O) groups excluding carboxylic acids is 1. The van der Waals surface area contributed by atoms with E-state index in [1.165, 1.54) is 0 Å². The van der Waals surface area contributed by atoms with Crippen molar-refractivity contribution in [1.29, 1.82) is 0 Å². The van der Waals surface area contributed by atoms with E-state index in [0.29, 0.717) is 41.6 Å². The van der Waals surface area contributed by atoms with Crippen molar-refractivity contribution in [2.45, 2.75) is 19.3 Å². The SMILES string of the molecule is O=C(O)c1ccccc1CC1CCN(C(=O)c2cccc(Cl)c2Cl)CC1. The van der Waals surface area contributed by atoms with Gasteiger partial charge in [-0.25, -0.2) is 4.79 Å². The lowest BCUT2D eigenvalue weighted by atomic mass is 9.88. The van der Waals surface area contributed by atoms with Gasteiger partial charge in [0.15, 0.2) is 0 Å². The molecule has 0 spiro atoms. The Labute approximate surface area is 162 Å². The summed E-state index contributed by atoms with van der Waals surface area (Å²) in [6.45, 7) is 1.25. The van der Waals surface area contributed by atoms with Gasteiger partial charge in [0.2, 0.25) is 0 Å². The third-order valence-corrected chi connectivity index (χ3v) is 5.66. The highest BCUT2D eigenvalue weighted by Gasteiger charge is 2.26. The van der Waals surface area contributed by atoms with E-state index in [9.17, 15) is 14.7 Å². The van der Waals surface area contributed by atoms with Crippen LogP contribution >= 0.6 is 23.2 Å². The fourth-order valence-electron chi connectivity index (χ4n) is 3.40. The van der Waals surface area contributed by atoms with Crippen LogP contribution in [-0.2, 0) is 6.42 Å². The number of benzene rings is 2. The van der Waals surface area contributed by atoms with Crippen LogP contribution in [0.1, 0.15) is 39.1 Å². The number of carboxylic acids is 1. The third kappa shape index (κ3) is 4.02. The zero-order valence-corrected chi connectivity index (χ0v) is 15.6. The molecule has 0 radical (unpaired) electrons. The Balaban J connectivity index is 1.64. The quantitative estimate of drug-likeness (QED) is 0.814. The maximum absolute atomic E-state index is 12.7. The standard InChI is InChI=1S/C20H19Cl2NO3/c21-17-7-3-6-16(18(17)22)19(24)23-10-8-13(9-11-23)12-14-4-1-2-5-15(14)20(25)26/h1-7,13H,8-12H2,(H,25,26). The molecule has 4 nitrogen and oxygen atoms in total. The Morgan fingerprint density at radius 2 is 1.65 bits per heavy atom. The van der Waals surface area contributed by atoms with Gasteiger partial charge in [-0.3, -0.25) is 4.79 Å². The molecule has 1 aliphatic heterocycles. The fourth-order valence-corrected chi connectivity index (χ4v) is 3.78. The lowest BCUT2D eigenvalue weighted by Crippen LogP contribution is -2.39. The number of piperidine rings is 1. The molecule has 26 heavy (non-hydrogen) atoms. The Morgan fingerprint density at radius 1 is 1.00 bits per heavy atom. The minimum atomic E-state index is -0.899. The lowest BCUT2D eigenvalue weighted by molar-refractivity contribution is 0.0690. The maximum Gasteiger partial charge on any atom is 0.335 e. The van der Waals surface area contributed by atoms with E-state index in [0.717, 1.165) is 18.4 Å². The minimum absolute atomic E-state index is 0.109. The van der Waals surface area contributed by atoms with Gasteiger partial charge >= 0.3 is 5.97 Å². The summed E-state index contributed by atoms with van der Waals surface area (Å²) in [5, 5.41) is 9.97. The van der Waals surface area contributed by atoms with Gasteiger partial charge in [-0.2, -0.15) is 0 Å². The molecule has 2 aromatic rings. The topological polar surface area (TPSA) is 57.6 Å². The van der Waals surface area contributed by atoms with Crippen LogP contribution in [0.2, 0.25) is 10.0 Å². The van der Waals surface area contributed by atoms with Gasteiger partial charge in [0.05, 0.1) is 21.2 Å². The number of carboxylic acid groups (broad SMARTS) is 1. The highest BCUT2D eigenvalue weighted by atomic mass is 35.5. The second kappa shape index (κ2) is 8.11. The van der Waals surface area contributed by atoms with Crippen molar-refractivity contribution in [3.8, 4) is 0 Å². The van der Waals surface area contributed by atoms with Crippen molar-refractivity contribution in [3.63, 3.8) is 0 Å². The number of aromatic carboxylic acids is 1. The first-order chi connectivity index (χ1) is 12.5. The van der Waals surface area contributed by atoms with E-state index in [2.05, 4.69) is 0 Å². The first-order valence-corrected chi connectivity index (χ1v) is 9.27. The minimum Gasteiger partial charge on any atom is -0.478 e. The van der Waals surface area contributed by atoms with E-state index in [1.54, 1.807) is 35.2 Å². The molecule has 1 saturated heterocycles. The average Bonchev–Trinajstić information content (AvgIpc) is 2.64. The second-order valence-electron chi connectivity index (χ2n) is 6.50. The number of amides is 1. The summed E-state index contributed by atoms with van der Waals surface area (Å²) in [4.78, 5) is 25.8. The first-order valence-electron chi connectivity index (χ1n) is 8.52. The molecule has 0 aromatic heterocycles. The summed E-state index contributed by atoms with van der Waals surface area (Å²) < 4.78 is 0. The number of halogens is 2. The van der Waals surface area contributed by atoms with Gasteiger partial charge in [0.25, 0.3) is 5.91 Å². The second-order valence-corrected chi connectivity index (χ2v) is 7.29. The summed E-state index contributed by atoms with van der Waals surface area (Å²) in [6.07, 6.45) is 2.37. The van der Waals surface area contributed by atoms with Gasteiger partial charge in [-0.1, -0.05) is 47.5 Å². The molecule has 136 valence electrons. The van der Waals surface area contributed by atoms with Crippen LogP contribution in [-0.4, -0.2) is 35.0 Å². The molecule has 6 heteroatoms. The number of likely N-dealkylation sites (tertiary alicyclic amines) is 1. The molecule has 3 rings (SSSR count). The number of hydrogen-bond acceptors (Lipinski definition) is 2. The number of hydrogen-bond donors (Lipinski definition) is 1. The molecule has 1 N–H and O–H groups in total. The molecule has 1 heterocycles. The van der Waals surface area contributed by atoms with Crippen LogP contribution in [0.4, 0.5) is 0 Å². The summed E-state index contributed by atoms with van der Waals surface area (Å²) in [7, 11) is 0. The van der Waals surface area contributed by atoms with Crippen LogP contribution in [0.5, 0.6) is 0 Å². The molecule has 0 saturated carbocycles. The Hall–Kier alpha value is -2.04. The van der Waals surface area contributed by atoms with Crippen molar-refractivity contribution in [3.05, 3.63) is 69.2 Å². The fraction of sp³-hybridized carbons (Fsp3) is 0.300. The number of nitrogens with zero attached hydrogens (tertiary/aromatic N) is 1. The predicted molar refractivity (Wildman–Crippen MR) is 102 cm³/mol. The average molecular weight is 392 g/mol. The first kappa shape index (κ1) is 18.7. The Kier molecular flexibility index (Phi) is 5.84. The van der Waals surface area contributed by atoms with E-state index in [-0.39, 0.29) is 10.9 Å².